The van der Waals surface area contributed by atoms with Crippen molar-refractivity contribution in [3.05, 3.63) is 53.3 Å². The highest BCUT2D eigenvalue weighted by Crippen LogP contribution is 2.05. The summed E-state index contributed by atoms with van der Waals surface area (Å²) in [7, 11) is 1.83. The number of hydrogen-bond donors (Lipinski definition) is 2. The molecule has 6 nitrogen and oxygen atoms in total. The molecule has 0 radical (unpaired) electrons. The summed E-state index contributed by atoms with van der Waals surface area (Å²) in [5.41, 5.74) is 1.48. The van der Waals surface area contributed by atoms with E-state index in [1.54, 1.807) is 23.0 Å². The van der Waals surface area contributed by atoms with Crippen LogP contribution in [0.3, 0.4) is 0 Å². The first-order valence-electron chi connectivity index (χ1n) is 6.15. The maximum atomic E-state index is 11.9. The van der Waals surface area contributed by atoms with Crippen LogP contribution < -0.4 is 5.32 Å². The van der Waals surface area contributed by atoms with Gasteiger partial charge in [-0.3, -0.25) is 9.48 Å². The Morgan fingerprint density at radius 1 is 1.35 bits per heavy atom. The van der Waals surface area contributed by atoms with Crippen molar-refractivity contribution in [1.82, 2.24) is 15.1 Å². The first kappa shape index (κ1) is 13.8. The van der Waals surface area contributed by atoms with E-state index in [0.717, 1.165) is 5.56 Å². The number of nitrogens with zero attached hydrogens (tertiary/aromatic N) is 2. The van der Waals surface area contributed by atoms with Crippen LogP contribution in [0.25, 0.3) is 0 Å². The smallest absolute Gasteiger partial charge is 0.335 e. The number of nitrogens with one attached hydrogen (secondary N) is 1. The summed E-state index contributed by atoms with van der Waals surface area (Å²) in [6.45, 7) is 0.474. The van der Waals surface area contributed by atoms with Gasteiger partial charge in [0, 0.05) is 25.4 Å². The molecule has 0 saturated carbocycles. The fraction of sp³-hybridized carbons (Fsp3) is 0.214. The van der Waals surface area contributed by atoms with Crippen LogP contribution in [0.1, 0.15) is 26.3 Å². The van der Waals surface area contributed by atoms with Gasteiger partial charge in [-0.05, 0) is 30.2 Å². The summed E-state index contributed by atoms with van der Waals surface area (Å²) in [6, 6.07) is 5.96. The molecular formula is C14H15N3O3. The Morgan fingerprint density at radius 2 is 2.10 bits per heavy atom. The van der Waals surface area contributed by atoms with Gasteiger partial charge in [0.1, 0.15) is 0 Å². The van der Waals surface area contributed by atoms with Gasteiger partial charge in [-0.25, -0.2) is 4.79 Å². The van der Waals surface area contributed by atoms with E-state index in [0.29, 0.717) is 18.5 Å². The second-order valence-electron chi connectivity index (χ2n) is 4.41. The molecule has 0 bridgehead atoms. The Kier molecular flexibility index (Phi) is 4.14. The molecule has 0 saturated heterocycles. The molecule has 0 unspecified atom stereocenters. The third-order valence-corrected chi connectivity index (χ3v) is 2.83. The number of hydrogen-bond acceptors (Lipinski definition) is 3. The topological polar surface area (TPSA) is 84.2 Å². The Hall–Kier alpha value is -2.63. The van der Waals surface area contributed by atoms with Gasteiger partial charge in [-0.15, -0.1) is 0 Å². The van der Waals surface area contributed by atoms with E-state index in [1.807, 2.05) is 13.2 Å². The van der Waals surface area contributed by atoms with E-state index in [-0.39, 0.29) is 11.5 Å². The standard InChI is InChI=1S/C14H15N3O3/c1-17-9-10(8-16-17)5-6-15-13(18)11-3-2-4-12(7-11)14(19)20/h2-4,7-9H,5-6H2,1H3,(H,15,18)(H,19,20). The molecule has 2 N–H and O–H groups in total. The quantitative estimate of drug-likeness (QED) is 0.854. The monoisotopic (exact) mass is 273 g/mol. The number of benzene rings is 1. The fourth-order valence-electron chi connectivity index (χ4n) is 1.82. The van der Waals surface area contributed by atoms with Crippen molar-refractivity contribution >= 4 is 11.9 Å². The summed E-state index contributed by atoms with van der Waals surface area (Å²) < 4.78 is 1.70. The zero-order valence-electron chi connectivity index (χ0n) is 11.0. The van der Waals surface area contributed by atoms with Crippen molar-refractivity contribution in [3.8, 4) is 0 Å². The van der Waals surface area contributed by atoms with Crippen LogP contribution in [0.15, 0.2) is 36.7 Å². The van der Waals surface area contributed by atoms with Gasteiger partial charge in [0.2, 0.25) is 0 Å². The highest BCUT2D eigenvalue weighted by molar-refractivity contribution is 5.97. The summed E-state index contributed by atoms with van der Waals surface area (Å²) in [5.74, 6) is -1.33. The van der Waals surface area contributed by atoms with E-state index >= 15 is 0 Å². The number of rotatable bonds is 5. The molecule has 0 aliphatic carbocycles. The van der Waals surface area contributed by atoms with Crippen LogP contribution in [-0.2, 0) is 13.5 Å². The van der Waals surface area contributed by atoms with Crippen molar-refractivity contribution in [2.45, 2.75) is 6.42 Å². The Morgan fingerprint density at radius 3 is 2.75 bits per heavy atom. The number of aromatic carboxylic acids is 1. The average Bonchev–Trinajstić information content (AvgIpc) is 2.84. The molecule has 0 aliphatic heterocycles. The van der Waals surface area contributed by atoms with Crippen LogP contribution in [0, 0.1) is 0 Å². The van der Waals surface area contributed by atoms with Gasteiger partial charge in [-0.1, -0.05) is 6.07 Å². The van der Waals surface area contributed by atoms with Gasteiger partial charge in [0.25, 0.3) is 5.91 Å². The van der Waals surface area contributed by atoms with Crippen LogP contribution in [0.2, 0.25) is 0 Å². The average molecular weight is 273 g/mol. The molecule has 20 heavy (non-hydrogen) atoms. The van der Waals surface area contributed by atoms with Gasteiger partial charge < -0.3 is 10.4 Å². The van der Waals surface area contributed by atoms with Crippen molar-refractivity contribution in [2.24, 2.45) is 7.05 Å². The largest absolute Gasteiger partial charge is 0.478 e. The lowest BCUT2D eigenvalue weighted by Gasteiger charge is -2.05. The number of aromatic nitrogens is 2. The Bertz CT molecular complexity index is 634. The summed E-state index contributed by atoms with van der Waals surface area (Å²) >= 11 is 0. The van der Waals surface area contributed by atoms with E-state index < -0.39 is 5.97 Å². The summed E-state index contributed by atoms with van der Waals surface area (Å²) in [4.78, 5) is 22.7. The minimum Gasteiger partial charge on any atom is -0.478 e. The summed E-state index contributed by atoms with van der Waals surface area (Å²) in [5, 5.41) is 15.7. The molecule has 1 aromatic heterocycles. The summed E-state index contributed by atoms with van der Waals surface area (Å²) in [6.07, 6.45) is 4.31. The minimum atomic E-state index is -1.05. The first-order valence-corrected chi connectivity index (χ1v) is 6.15. The van der Waals surface area contributed by atoms with Crippen molar-refractivity contribution in [1.29, 1.82) is 0 Å². The van der Waals surface area contributed by atoms with Gasteiger partial charge in [-0.2, -0.15) is 5.10 Å². The zero-order valence-corrected chi connectivity index (χ0v) is 11.0. The predicted octanol–water partition coefficient (Wildman–Crippen LogP) is 1.09. The van der Waals surface area contributed by atoms with Crippen LogP contribution in [0.4, 0.5) is 0 Å². The number of carbonyl (C=O) groups is 2. The normalized spacial score (nSPS) is 10.2. The maximum Gasteiger partial charge on any atom is 0.335 e. The third kappa shape index (κ3) is 3.44. The lowest BCUT2D eigenvalue weighted by atomic mass is 10.1. The molecule has 1 aromatic carbocycles. The Balaban J connectivity index is 1.91. The highest BCUT2D eigenvalue weighted by atomic mass is 16.4. The maximum absolute atomic E-state index is 11.9. The van der Waals surface area contributed by atoms with E-state index in [2.05, 4.69) is 10.4 Å². The molecule has 2 rings (SSSR count). The number of amides is 1. The molecule has 0 atom stereocenters. The number of carboxylic acids is 1. The van der Waals surface area contributed by atoms with Crippen molar-refractivity contribution in [3.63, 3.8) is 0 Å². The molecule has 1 heterocycles. The molecule has 0 aliphatic rings. The molecule has 0 spiro atoms. The highest BCUT2D eigenvalue weighted by Gasteiger charge is 2.09. The molecular weight excluding hydrogens is 258 g/mol. The van der Waals surface area contributed by atoms with Gasteiger partial charge >= 0.3 is 5.97 Å². The minimum absolute atomic E-state index is 0.102. The van der Waals surface area contributed by atoms with Gasteiger partial charge in [0.05, 0.1) is 11.8 Å². The molecule has 2 aromatic rings. The second kappa shape index (κ2) is 6.01. The second-order valence-corrected chi connectivity index (χ2v) is 4.41. The number of aryl methyl sites for hydroxylation is 1. The number of carboxylic acid groups (broad SMARTS) is 1. The van der Waals surface area contributed by atoms with Crippen LogP contribution in [0.5, 0.6) is 0 Å². The lowest BCUT2D eigenvalue weighted by Crippen LogP contribution is -2.25. The van der Waals surface area contributed by atoms with Crippen LogP contribution in [-0.4, -0.2) is 33.3 Å². The first-order chi connectivity index (χ1) is 9.56. The predicted molar refractivity (Wildman–Crippen MR) is 72.6 cm³/mol. The molecule has 6 heteroatoms. The van der Waals surface area contributed by atoms with Crippen LogP contribution >= 0.6 is 0 Å². The molecule has 0 fully saturated rings. The van der Waals surface area contributed by atoms with E-state index in [4.69, 9.17) is 5.11 Å². The lowest BCUT2D eigenvalue weighted by molar-refractivity contribution is 0.0697. The Labute approximate surface area is 116 Å². The molecule has 104 valence electrons. The molecule has 1 amide bonds. The third-order valence-electron chi connectivity index (χ3n) is 2.83. The van der Waals surface area contributed by atoms with E-state index in [1.165, 1.54) is 12.1 Å². The zero-order chi connectivity index (χ0) is 14.5. The fourth-order valence-corrected chi connectivity index (χ4v) is 1.82. The SMILES string of the molecule is Cn1cc(CCNC(=O)c2cccc(C(=O)O)c2)cn1. The number of carbonyl (C=O) groups excluding carboxylic acids is 1. The van der Waals surface area contributed by atoms with Crippen molar-refractivity contribution in [2.75, 3.05) is 6.54 Å². The van der Waals surface area contributed by atoms with Crippen molar-refractivity contribution < 1.29 is 14.7 Å². The van der Waals surface area contributed by atoms with E-state index in [9.17, 15) is 9.59 Å². The van der Waals surface area contributed by atoms with Gasteiger partial charge in [0.15, 0.2) is 0 Å².